The molecule has 0 saturated carbocycles. The van der Waals surface area contributed by atoms with Crippen LogP contribution in [0.25, 0.3) is 0 Å². The SMILES string of the molecule is CCc1cnc(CNC(C)c2ccnn2C)s1. The third-order valence-electron chi connectivity index (χ3n) is 2.81. The van der Waals surface area contributed by atoms with Crippen molar-refractivity contribution in [3.8, 4) is 0 Å². The summed E-state index contributed by atoms with van der Waals surface area (Å²) in [5.74, 6) is 0. The van der Waals surface area contributed by atoms with Crippen LogP contribution in [-0.4, -0.2) is 14.8 Å². The molecule has 92 valence electrons. The zero-order valence-electron chi connectivity index (χ0n) is 10.5. The van der Waals surface area contributed by atoms with E-state index in [0.717, 1.165) is 18.0 Å². The Kier molecular flexibility index (Phi) is 3.91. The van der Waals surface area contributed by atoms with Gasteiger partial charge in [0.1, 0.15) is 5.01 Å². The highest BCUT2D eigenvalue weighted by molar-refractivity contribution is 7.11. The van der Waals surface area contributed by atoms with Gasteiger partial charge in [-0.05, 0) is 19.4 Å². The van der Waals surface area contributed by atoms with E-state index >= 15 is 0 Å². The van der Waals surface area contributed by atoms with Crippen LogP contribution in [0.4, 0.5) is 0 Å². The molecule has 0 aliphatic heterocycles. The lowest BCUT2D eigenvalue weighted by Gasteiger charge is -2.12. The van der Waals surface area contributed by atoms with Gasteiger partial charge in [0.2, 0.25) is 0 Å². The van der Waals surface area contributed by atoms with Gasteiger partial charge in [-0.25, -0.2) is 4.98 Å². The van der Waals surface area contributed by atoms with Crippen molar-refractivity contribution in [2.45, 2.75) is 32.9 Å². The Morgan fingerprint density at radius 2 is 2.35 bits per heavy atom. The summed E-state index contributed by atoms with van der Waals surface area (Å²) < 4.78 is 1.90. The molecule has 5 heteroatoms. The van der Waals surface area contributed by atoms with Crippen LogP contribution in [0.1, 0.15) is 35.5 Å². The molecule has 4 nitrogen and oxygen atoms in total. The van der Waals surface area contributed by atoms with Gasteiger partial charge in [-0.3, -0.25) is 4.68 Å². The minimum atomic E-state index is 0.288. The smallest absolute Gasteiger partial charge is 0.107 e. The Labute approximate surface area is 106 Å². The monoisotopic (exact) mass is 250 g/mol. The second-order valence-electron chi connectivity index (χ2n) is 4.06. The first-order valence-corrected chi connectivity index (χ1v) is 6.67. The highest BCUT2D eigenvalue weighted by Crippen LogP contribution is 2.15. The first-order valence-electron chi connectivity index (χ1n) is 5.85. The van der Waals surface area contributed by atoms with Gasteiger partial charge in [0.25, 0.3) is 0 Å². The van der Waals surface area contributed by atoms with Crippen molar-refractivity contribution in [3.05, 3.63) is 34.0 Å². The number of thiazole rings is 1. The van der Waals surface area contributed by atoms with Gasteiger partial charge in [0, 0.05) is 36.9 Å². The van der Waals surface area contributed by atoms with E-state index in [1.807, 2.05) is 30.2 Å². The summed E-state index contributed by atoms with van der Waals surface area (Å²) in [6, 6.07) is 2.33. The van der Waals surface area contributed by atoms with Crippen LogP contribution < -0.4 is 5.32 Å². The lowest BCUT2D eigenvalue weighted by Crippen LogP contribution is -2.20. The number of aryl methyl sites for hydroxylation is 2. The standard InChI is InChI=1S/C12H18N4S/c1-4-10-7-14-12(17-10)8-13-9(2)11-5-6-15-16(11)3/h5-7,9,13H,4,8H2,1-3H3. The van der Waals surface area contributed by atoms with Crippen molar-refractivity contribution in [1.82, 2.24) is 20.1 Å². The fraction of sp³-hybridized carbons (Fsp3) is 0.500. The molecule has 0 radical (unpaired) electrons. The second-order valence-corrected chi connectivity index (χ2v) is 5.26. The van der Waals surface area contributed by atoms with E-state index in [0.29, 0.717) is 0 Å². The Morgan fingerprint density at radius 3 is 2.94 bits per heavy atom. The summed E-state index contributed by atoms with van der Waals surface area (Å²) in [6.07, 6.45) is 4.86. The summed E-state index contributed by atoms with van der Waals surface area (Å²) in [7, 11) is 1.96. The quantitative estimate of drug-likeness (QED) is 0.885. The van der Waals surface area contributed by atoms with Crippen molar-refractivity contribution in [1.29, 1.82) is 0 Å². The molecule has 2 rings (SSSR count). The first kappa shape index (κ1) is 12.3. The Hall–Kier alpha value is -1.20. The molecule has 1 N–H and O–H groups in total. The van der Waals surface area contributed by atoms with Crippen molar-refractivity contribution in [2.75, 3.05) is 0 Å². The van der Waals surface area contributed by atoms with Gasteiger partial charge >= 0.3 is 0 Å². The Balaban J connectivity index is 1.92. The molecule has 0 spiro atoms. The fourth-order valence-electron chi connectivity index (χ4n) is 1.75. The van der Waals surface area contributed by atoms with Crippen LogP contribution in [0, 0.1) is 0 Å². The number of hydrogen-bond acceptors (Lipinski definition) is 4. The predicted molar refractivity (Wildman–Crippen MR) is 70.0 cm³/mol. The van der Waals surface area contributed by atoms with Crippen molar-refractivity contribution < 1.29 is 0 Å². The van der Waals surface area contributed by atoms with Gasteiger partial charge in [-0.1, -0.05) is 6.92 Å². The molecule has 0 aromatic carbocycles. The zero-order valence-corrected chi connectivity index (χ0v) is 11.3. The number of nitrogens with one attached hydrogen (secondary N) is 1. The average Bonchev–Trinajstić information content (AvgIpc) is 2.94. The van der Waals surface area contributed by atoms with Crippen LogP contribution in [0.3, 0.4) is 0 Å². The van der Waals surface area contributed by atoms with Crippen LogP contribution in [0.5, 0.6) is 0 Å². The van der Waals surface area contributed by atoms with E-state index in [4.69, 9.17) is 0 Å². The van der Waals surface area contributed by atoms with Crippen LogP contribution in [-0.2, 0) is 20.0 Å². The molecule has 0 aliphatic carbocycles. The second kappa shape index (κ2) is 5.42. The topological polar surface area (TPSA) is 42.7 Å². The van der Waals surface area contributed by atoms with Crippen LogP contribution >= 0.6 is 11.3 Å². The summed E-state index contributed by atoms with van der Waals surface area (Å²) >= 11 is 1.78. The number of hydrogen-bond donors (Lipinski definition) is 1. The molecule has 0 aliphatic rings. The molecule has 2 heterocycles. The van der Waals surface area contributed by atoms with Gasteiger partial charge < -0.3 is 5.32 Å². The summed E-state index contributed by atoms with van der Waals surface area (Å²) in [4.78, 5) is 5.74. The molecule has 17 heavy (non-hydrogen) atoms. The summed E-state index contributed by atoms with van der Waals surface area (Å²) in [5, 5.41) is 8.79. The number of nitrogens with zero attached hydrogens (tertiary/aromatic N) is 3. The van der Waals surface area contributed by atoms with E-state index < -0.39 is 0 Å². The molecule has 1 atom stereocenters. The number of rotatable bonds is 5. The number of aromatic nitrogens is 3. The fourth-order valence-corrected chi connectivity index (χ4v) is 2.56. The lowest BCUT2D eigenvalue weighted by molar-refractivity contribution is 0.529. The van der Waals surface area contributed by atoms with E-state index in [9.17, 15) is 0 Å². The maximum Gasteiger partial charge on any atom is 0.107 e. The van der Waals surface area contributed by atoms with Crippen LogP contribution in [0.2, 0.25) is 0 Å². The first-order chi connectivity index (χ1) is 8.20. The van der Waals surface area contributed by atoms with Crippen LogP contribution in [0.15, 0.2) is 18.5 Å². The molecule has 2 aromatic rings. The van der Waals surface area contributed by atoms with Gasteiger partial charge in [-0.2, -0.15) is 5.10 Å². The summed E-state index contributed by atoms with van der Waals surface area (Å²) in [5.41, 5.74) is 1.19. The van der Waals surface area contributed by atoms with Gasteiger partial charge in [-0.15, -0.1) is 11.3 Å². The predicted octanol–water partition coefficient (Wildman–Crippen LogP) is 2.29. The normalized spacial score (nSPS) is 12.9. The minimum Gasteiger partial charge on any atom is -0.302 e. The average molecular weight is 250 g/mol. The molecule has 0 amide bonds. The van der Waals surface area contributed by atoms with Crippen molar-refractivity contribution >= 4 is 11.3 Å². The van der Waals surface area contributed by atoms with E-state index in [1.165, 1.54) is 10.6 Å². The third kappa shape index (κ3) is 2.92. The molecule has 1 unspecified atom stereocenters. The highest BCUT2D eigenvalue weighted by atomic mass is 32.1. The molecule has 0 bridgehead atoms. The Morgan fingerprint density at radius 1 is 1.53 bits per heavy atom. The van der Waals surface area contributed by atoms with Crippen molar-refractivity contribution in [2.24, 2.45) is 7.05 Å². The molecule has 2 aromatic heterocycles. The highest BCUT2D eigenvalue weighted by Gasteiger charge is 2.09. The maximum absolute atomic E-state index is 4.40. The maximum atomic E-state index is 4.40. The van der Waals surface area contributed by atoms with E-state index in [-0.39, 0.29) is 6.04 Å². The molecule has 0 saturated heterocycles. The summed E-state index contributed by atoms with van der Waals surface area (Å²) in [6.45, 7) is 5.12. The van der Waals surface area contributed by atoms with E-state index in [2.05, 4.69) is 29.2 Å². The zero-order chi connectivity index (χ0) is 12.3. The molecular weight excluding hydrogens is 232 g/mol. The Bertz CT molecular complexity index is 474. The van der Waals surface area contributed by atoms with E-state index in [1.54, 1.807) is 11.3 Å². The molecular formula is C12H18N4S. The third-order valence-corrected chi connectivity index (χ3v) is 3.95. The van der Waals surface area contributed by atoms with Gasteiger partial charge in [0.05, 0.1) is 5.69 Å². The minimum absolute atomic E-state index is 0.288. The van der Waals surface area contributed by atoms with Crippen molar-refractivity contribution in [3.63, 3.8) is 0 Å². The lowest BCUT2D eigenvalue weighted by atomic mass is 10.2. The molecule has 0 fully saturated rings. The van der Waals surface area contributed by atoms with Gasteiger partial charge in [0.15, 0.2) is 0 Å². The largest absolute Gasteiger partial charge is 0.302 e.